The van der Waals surface area contributed by atoms with Gasteiger partial charge in [-0.15, -0.1) is 0 Å². The van der Waals surface area contributed by atoms with E-state index in [9.17, 15) is 9.59 Å². The van der Waals surface area contributed by atoms with Crippen LogP contribution in [-0.4, -0.2) is 42.5 Å². The molecule has 5 nitrogen and oxygen atoms in total. The molecule has 138 valence electrons. The largest absolute Gasteiger partial charge is 0.491 e. The van der Waals surface area contributed by atoms with Crippen molar-refractivity contribution in [2.75, 3.05) is 13.6 Å². The molecule has 25 heavy (non-hydrogen) atoms. The maximum Gasteiger partial charge on any atom is 0.223 e. The van der Waals surface area contributed by atoms with Crippen molar-refractivity contribution < 1.29 is 14.3 Å². The second kappa shape index (κ2) is 8.88. The molecule has 0 spiro atoms. The van der Waals surface area contributed by atoms with Gasteiger partial charge >= 0.3 is 0 Å². The zero-order valence-corrected chi connectivity index (χ0v) is 15.7. The van der Waals surface area contributed by atoms with E-state index >= 15 is 0 Å². The van der Waals surface area contributed by atoms with Gasteiger partial charge in [0.05, 0.1) is 6.10 Å². The molecule has 0 saturated carbocycles. The average Bonchev–Trinajstić information content (AvgIpc) is 2.56. The summed E-state index contributed by atoms with van der Waals surface area (Å²) in [5.74, 6) is 0.767. The minimum atomic E-state index is -0.182. The summed E-state index contributed by atoms with van der Waals surface area (Å²) in [7, 11) is 1.79. The van der Waals surface area contributed by atoms with E-state index in [0.29, 0.717) is 13.0 Å². The Labute approximate surface area is 150 Å². The van der Waals surface area contributed by atoms with Gasteiger partial charge in [-0.2, -0.15) is 0 Å². The van der Waals surface area contributed by atoms with Crippen molar-refractivity contribution >= 4 is 11.8 Å². The molecule has 1 aliphatic heterocycles. The van der Waals surface area contributed by atoms with Gasteiger partial charge in [0.25, 0.3) is 0 Å². The number of hydrogen-bond acceptors (Lipinski definition) is 3. The van der Waals surface area contributed by atoms with Gasteiger partial charge in [0.2, 0.25) is 11.8 Å². The van der Waals surface area contributed by atoms with Crippen molar-refractivity contribution in [3.63, 3.8) is 0 Å². The van der Waals surface area contributed by atoms with Crippen LogP contribution in [0.5, 0.6) is 5.75 Å². The summed E-state index contributed by atoms with van der Waals surface area (Å²) in [6, 6.07) is 8.21. The zero-order valence-electron chi connectivity index (χ0n) is 15.7. The summed E-state index contributed by atoms with van der Waals surface area (Å²) in [6.45, 7) is 6.70. The summed E-state index contributed by atoms with van der Waals surface area (Å²) in [4.78, 5) is 25.8. The highest BCUT2D eigenvalue weighted by molar-refractivity contribution is 5.86. The molecule has 1 saturated heterocycles. The van der Waals surface area contributed by atoms with Crippen LogP contribution in [0, 0.1) is 5.92 Å². The van der Waals surface area contributed by atoms with Gasteiger partial charge in [-0.05, 0) is 57.7 Å². The van der Waals surface area contributed by atoms with E-state index in [-0.39, 0.29) is 29.9 Å². The number of nitrogens with zero attached hydrogens (tertiary/aromatic N) is 1. The van der Waals surface area contributed by atoms with Crippen molar-refractivity contribution in [2.24, 2.45) is 5.92 Å². The molecule has 2 amide bonds. The number of piperidine rings is 1. The number of carbonyl (C=O) groups is 2. The fourth-order valence-electron chi connectivity index (χ4n) is 2.99. The Hall–Kier alpha value is -2.04. The molecule has 0 aliphatic carbocycles. The first-order valence-electron chi connectivity index (χ1n) is 9.15. The first kappa shape index (κ1) is 19.3. The molecule has 1 aromatic rings. The standard InChI is InChI=1S/C20H30N2O3/c1-14(2)25-18-9-7-16(8-10-18)6-5-15(3)21-20(24)17-11-12-22(4)19(23)13-17/h7-10,14-15,17H,5-6,11-13H2,1-4H3,(H,21,24)/t15-,17+/m1/s1. The van der Waals surface area contributed by atoms with Crippen molar-refractivity contribution in [1.82, 2.24) is 10.2 Å². The van der Waals surface area contributed by atoms with E-state index in [2.05, 4.69) is 17.4 Å². The van der Waals surface area contributed by atoms with Gasteiger partial charge in [-0.25, -0.2) is 0 Å². The maximum atomic E-state index is 12.3. The lowest BCUT2D eigenvalue weighted by Crippen LogP contribution is -2.44. The summed E-state index contributed by atoms with van der Waals surface area (Å²) in [5, 5.41) is 3.06. The van der Waals surface area contributed by atoms with Crippen molar-refractivity contribution in [3.8, 4) is 5.75 Å². The third kappa shape index (κ3) is 6.07. The van der Waals surface area contributed by atoms with Gasteiger partial charge in [0.15, 0.2) is 0 Å². The fraction of sp³-hybridized carbons (Fsp3) is 0.600. The Bertz CT molecular complexity index is 583. The van der Waals surface area contributed by atoms with Crippen molar-refractivity contribution in [1.29, 1.82) is 0 Å². The van der Waals surface area contributed by atoms with Gasteiger partial charge in [-0.3, -0.25) is 9.59 Å². The summed E-state index contributed by atoms with van der Waals surface area (Å²) < 4.78 is 5.64. The smallest absolute Gasteiger partial charge is 0.223 e. The molecule has 0 bridgehead atoms. The number of rotatable bonds is 7. The first-order chi connectivity index (χ1) is 11.8. The Morgan fingerprint density at radius 2 is 1.96 bits per heavy atom. The van der Waals surface area contributed by atoms with Crippen LogP contribution >= 0.6 is 0 Å². The van der Waals surface area contributed by atoms with Crippen LogP contribution in [0.15, 0.2) is 24.3 Å². The third-order valence-corrected chi connectivity index (χ3v) is 4.58. The van der Waals surface area contributed by atoms with Crippen LogP contribution in [0.25, 0.3) is 0 Å². The number of carbonyl (C=O) groups excluding carboxylic acids is 2. The van der Waals surface area contributed by atoms with Crippen LogP contribution in [0.3, 0.4) is 0 Å². The lowest BCUT2D eigenvalue weighted by Gasteiger charge is -2.28. The second-order valence-electron chi connectivity index (χ2n) is 7.26. The summed E-state index contributed by atoms with van der Waals surface area (Å²) in [5.41, 5.74) is 1.23. The summed E-state index contributed by atoms with van der Waals surface area (Å²) >= 11 is 0. The average molecular weight is 346 g/mol. The van der Waals surface area contributed by atoms with Gasteiger partial charge in [-0.1, -0.05) is 12.1 Å². The SMILES string of the molecule is CC(C)Oc1ccc(CC[C@@H](C)NC(=O)[C@H]2CCN(C)C(=O)C2)cc1. The predicted octanol–water partition coefficient (Wildman–Crippen LogP) is 2.78. The van der Waals surface area contributed by atoms with Crippen molar-refractivity contribution in [3.05, 3.63) is 29.8 Å². The highest BCUT2D eigenvalue weighted by Gasteiger charge is 2.28. The highest BCUT2D eigenvalue weighted by atomic mass is 16.5. The Balaban J connectivity index is 1.75. The molecule has 0 unspecified atom stereocenters. The number of likely N-dealkylation sites (tertiary alicyclic amines) is 1. The number of amides is 2. The maximum absolute atomic E-state index is 12.3. The third-order valence-electron chi connectivity index (χ3n) is 4.58. The molecule has 2 rings (SSSR count). The van der Waals surface area contributed by atoms with Crippen LogP contribution in [-0.2, 0) is 16.0 Å². The lowest BCUT2D eigenvalue weighted by atomic mass is 9.95. The minimum absolute atomic E-state index is 0.00892. The van der Waals surface area contributed by atoms with E-state index in [1.54, 1.807) is 11.9 Å². The topological polar surface area (TPSA) is 58.6 Å². The van der Waals surface area contributed by atoms with Gasteiger partial charge in [0.1, 0.15) is 5.75 Å². The number of benzene rings is 1. The summed E-state index contributed by atoms with van der Waals surface area (Å²) in [6.07, 6.45) is 3.02. The number of aryl methyl sites for hydroxylation is 1. The van der Waals surface area contributed by atoms with E-state index in [4.69, 9.17) is 4.74 Å². The molecular weight excluding hydrogens is 316 g/mol. The molecule has 1 N–H and O–H groups in total. The monoisotopic (exact) mass is 346 g/mol. The highest BCUT2D eigenvalue weighted by Crippen LogP contribution is 2.18. The van der Waals surface area contributed by atoms with Crippen LogP contribution < -0.4 is 10.1 Å². The molecule has 1 heterocycles. The van der Waals surface area contributed by atoms with E-state index in [0.717, 1.165) is 25.0 Å². The number of hydrogen-bond donors (Lipinski definition) is 1. The number of ether oxygens (including phenoxy) is 1. The molecule has 1 aromatic carbocycles. The first-order valence-corrected chi connectivity index (χ1v) is 9.15. The van der Waals surface area contributed by atoms with E-state index < -0.39 is 0 Å². The second-order valence-corrected chi connectivity index (χ2v) is 7.26. The predicted molar refractivity (Wildman–Crippen MR) is 98.5 cm³/mol. The van der Waals surface area contributed by atoms with Crippen LogP contribution in [0.2, 0.25) is 0 Å². The Kier molecular flexibility index (Phi) is 6.85. The van der Waals surface area contributed by atoms with Crippen molar-refractivity contribution in [2.45, 2.75) is 58.6 Å². The molecule has 1 aliphatic rings. The molecule has 1 fully saturated rings. The van der Waals surface area contributed by atoms with E-state index in [1.807, 2.05) is 32.9 Å². The normalized spacial score (nSPS) is 19.0. The van der Waals surface area contributed by atoms with Gasteiger partial charge < -0.3 is 15.0 Å². The number of nitrogens with one attached hydrogen (secondary N) is 1. The minimum Gasteiger partial charge on any atom is -0.491 e. The molecule has 5 heteroatoms. The molecular formula is C20H30N2O3. The lowest BCUT2D eigenvalue weighted by molar-refractivity contribution is -0.139. The zero-order chi connectivity index (χ0) is 18.4. The Morgan fingerprint density at radius 3 is 2.56 bits per heavy atom. The molecule has 0 radical (unpaired) electrons. The molecule has 0 aromatic heterocycles. The van der Waals surface area contributed by atoms with E-state index in [1.165, 1.54) is 5.56 Å². The van der Waals surface area contributed by atoms with Crippen LogP contribution in [0.1, 0.15) is 45.6 Å². The molecule has 2 atom stereocenters. The fourth-order valence-corrected chi connectivity index (χ4v) is 2.99. The quantitative estimate of drug-likeness (QED) is 0.826. The Morgan fingerprint density at radius 1 is 1.28 bits per heavy atom. The van der Waals surface area contributed by atoms with Gasteiger partial charge in [0, 0.05) is 32.0 Å². The van der Waals surface area contributed by atoms with Crippen LogP contribution in [0.4, 0.5) is 0 Å².